The Morgan fingerprint density at radius 2 is 1.62 bits per heavy atom. The summed E-state index contributed by atoms with van der Waals surface area (Å²) in [6, 6.07) is 0. The summed E-state index contributed by atoms with van der Waals surface area (Å²) in [6.45, 7) is 5.17. The van der Waals surface area contributed by atoms with Gasteiger partial charge < -0.3 is 17.7 Å². The van der Waals surface area contributed by atoms with Gasteiger partial charge in [0.25, 0.3) is 0 Å². The lowest BCUT2D eigenvalue weighted by Crippen LogP contribution is -2.47. The molecule has 0 aliphatic carbocycles. The first-order chi connectivity index (χ1) is 6.24. The molecule has 0 aliphatic heterocycles. The third kappa shape index (κ3) is 4.73. The van der Waals surface area contributed by atoms with Gasteiger partial charge in [0.15, 0.2) is 0 Å². The van der Waals surface area contributed by atoms with Crippen LogP contribution >= 0.6 is 0 Å². The highest BCUT2D eigenvalue weighted by Gasteiger charge is 2.42. The third-order valence-corrected chi connectivity index (χ3v) is 3.80. The van der Waals surface area contributed by atoms with Gasteiger partial charge in [-0.1, -0.05) is 13.3 Å². The summed E-state index contributed by atoms with van der Waals surface area (Å²) in [5, 5.41) is 0. The molecule has 0 unspecified atom stereocenters. The van der Waals surface area contributed by atoms with E-state index in [4.69, 9.17) is 17.7 Å². The van der Waals surface area contributed by atoms with Crippen LogP contribution in [-0.2, 0) is 17.7 Å². The van der Waals surface area contributed by atoms with E-state index in [2.05, 4.69) is 6.92 Å². The molecule has 0 saturated heterocycles. The summed E-state index contributed by atoms with van der Waals surface area (Å²) in [6.07, 6.45) is 2.08. The fourth-order valence-corrected chi connectivity index (χ4v) is 2.35. The van der Waals surface area contributed by atoms with Gasteiger partial charge >= 0.3 is 9.05 Å². The maximum atomic E-state index is 5.48. The Morgan fingerprint density at radius 3 is 2.00 bits per heavy atom. The van der Waals surface area contributed by atoms with E-state index < -0.39 is 9.05 Å². The zero-order chi connectivity index (χ0) is 10.2. The Bertz CT molecular complexity index is 117. The molecule has 0 N–H and O–H groups in total. The minimum atomic E-state index is -2.78. The van der Waals surface area contributed by atoms with Crippen molar-refractivity contribution in [2.45, 2.75) is 26.7 Å². The molecule has 0 aromatic heterocycles. The second-order valence-corrected chi connectivity index (χ2v) is 4.94. The predicted octanol–water partition coefficient (Wildman–Crippen LogP) is 1.57. The average molecular weight is 208 g/mol. The highest BCUT2D eigenvalue weighted by atomic mass is 28.4. The van der Waals surface area contributed by atoms with E-state index in [0.717, 1.165) is 12.8 Å². The lowest BCUT2D eigenvalue weighted by Gasteiger charge is -2.24. The predicted molar refractivity (Wildman–Crippen MR) is 52.3 cm³/mol. The molecule has 0 heterocycles. The van der Waals surface area contributed by atoms with Gasteiger partial charge in [-0.05, 0) is 13.3 Å². The number of unbranched alkanes of at least 4 members (excludes halogenated alkanes) is 1. The van der Waals surface area contributed by atoms with Crippen LogP contribution in [0.5, 0.6) is 0 Å². The van der Waals surface area contributed by atoms with Crippen molar-refractivity contribution in [3.05, 3.63) is 0 Å². The molecule has 13 heavy (non-hydrogen) atoms. The summed E-state index contributed by atoms with van der Waals surface area (Å²) in [7, 11) is 0.325. The van der Waals surface area contributed by atoms with Crippen molar-refractivity contribution >= 4 is 9.05 Å². The monoisotopic (exact) mass is 208 g/mol. The molecule has 80 valence electrons. The molecule has 0 fully saturated rings. The summed E-state index contributed by atoms with van der Waals surface area (Å²) in [5.41, 5.74) is 0. The van der Waals surface area contributed by atoms with Crippen LogP contribution in [0.25, 0.3) is 0 Å². The molecule has 0 aliphatic rings. The van der Waals surface area contributed by atoms with Gasteiger partial charge in [0.05, 0.1) is 0 Å². The van der Waals surface area contributed by atoms with E-state index in [0.29, 0.717) is 13.2 Å². The molecule has 0 atom stereocenters. The van der Waals surface area contributed by atoms with Gasteiger partial charge in [-0.15, -0.1) is 0 Å². The highest BCUT2D eigenvalue weighted by molar-refractivity contribution is 6.53. The molecule has 0 amide bonds. The van der Waals surface area contributed by atoms with Crippen LogP contribution in [0.3, 0.4) is 0 Å². The fraction of sp³-hybridized carbons (Fsp3) is 1.00. The van der Waals surface area contributed by atoms with Crippen LogP contribution in [0.1, 0.15) is 26.7 Å². The Labute approximate surface area is 81.6 Å². The van der Waals surface area contributed by atoms with Crippen LogP contribution in [0.4, 0.5) is 0 Å². The first-order valence-corrected chi connectivity index (χ1v) is 6.26. The molecule has 0 spiro atoms. The minimum absolute atomic E-state index is 0.542. The van der Waals surface area contributed by atoms with Gasteiger partial charge in [-0.3, -0.25) is 0 Å². The smallest absolute Gasteiger partial charge is 0.355 e. The zero-order valence-electron chi connectivity index (χ0n) is 8.96. The molecular weight excluding hydrogens is 188 g/mol. The van der Waals surface area contributed by atoms with Gasteiger partial charge in [0.2, 0.25) is 0 Å². The van der Waals surface area contributed by atoms with Gasteiger partial charge in [-0.25, -0.2) is 0 Å². The molecule has 4 nitrogen and oxygen atoms in total. The van der Waals surface area contributed by atoms with Crippen LogP contribution in [0, 0.1) is 0 Å². The van der Waals surface area contributed by atoms with Crippen LogP contribution < -0.4 is 0 Å². The van der Waals surface area contributed by atoms with E-state index in [1.54, 1.807) is 14.2 Å². The van der Waals surface area contributed by atoms with Crippen LogP contribution in [0.15, 0.2) is 0 Å². The van der Waals surface area contributed by atoms with E-state index in [9.17, 15) is 0 Å². The van der Waals surface area contributed by atoms with Crippen LogP contribution in [-0.4, -0.2) is 36.5 Å². The van der Waals surface area contributed by atoms with Crippen molar-refractivity contribution in [2.75, 3.05) is 27.4 Å². The Hall–Kier alpha value is 0.0569. The molecule has 0 bridgehead atoms. The third-order valence-electron chi connectivity index (χ3n) is 1.60. The molecular formula is C8H20O4Si. The van der Waals surface area contributed by atoms with Crippen molar-refractivity contribution in [3.63, 3.8) is 0 Å². The van der Waals surface area contributed by atoms with Crippen molar-refractivity contribution in [3.8, 4) is 0 Å². The lowest BCUT2D eigenvalue weighted by atomic mass is 10.4. The molecule has 0 aromatic carbocycles. The van der Waals surface area contributed by atoms with Gasteiger partial charge in [0.1, 0.15) is 0 Å². The Kier molecular flexibility index (Phi) is 7.49. The minimum Gasteiger partial charge on any atom is -0.355 e. The maximum Gasteiger partial charge on any atom is 0.679 e. The number of hydrogen-bond donors (Lipinski definition) is 0. The quantitative estimate of drug-likeness (QED) is 0.448. The second kappa shape index (κ2) is 7.46. The summed E-state index contributed by atoms with van der Waals surface area (Å²) < 4.78 is 21.1. The highest BCUT2D eigenvalue weighted by Crippen LogP contribution is 2.09. The SMILES string of the molecule is CCCCO[Si](OC)(OC)OCC. The van der Waals surface area contributed by atoms with Crippen molar-refractivity contribution in [1.82, 2.24) is 0 Å². The molecule has 0 rings (SSSR count). The van der Waals surface area contributed by atoms with Crippen molar-refractivity contribution in [2.24, 2.45) is 0 Å². The second-order valence-electron chi connectivity index (χ2n) is 2.54. The topological polar surface area (TPSA) is 36.9 Å². The van der Waals surface area contributed by atoms with Crippen molar-refractivity contribution < 1.29 is 17.7 Å². The molecule has 0 saturated carbocycles. The maximum absolute atomic E-state index is 5.48. The largest absolute Gasteiger partial charge is 0.679 e. The summed E-state index contributed by atoms with van der Waals surface area (Å²) >= 11 is 0. The normalized spacial score (nSPS) is 12.0. The van der Waals surface area contributed by atoms with E-state index >= 15 is 0 Å². The first-order valence-electron chi connectivity index (χ1n) is 4.62. The van der Waals surface area contributed by atoms with Crippen molar-refractivity contribution in [1.29, 1.82) is 0 Å². The number of rotatable bonds is 8. The average Bonchev–Trinajstić information content (AvgIpc) is 2.17. The summed E-state index contributed by atoms with van der Waals surface area (Å²) in [4.78, 5) is 0. The summed E-state index contributed by atoms with van der Waals surface area (Å²) in [5.74, 6) is 0. The molecule has 0 radical (unpaired) electrons. The zero-order valence-corrected chi connectivity index (χ0v) is 9.96. The van der Waals surface area contributed by atoms with Crippen LogP contribution in [0.2, 0.25) is 0 Å². The van der Waals surface area contributed by atoms with E-state index in [-0.39, 0.29) is 0 Å². The van der Waals surface area contributed by atoms with Gasteiger partial charge in [0, 0.05) is 27.4 Å². The fourth-order valence-electron chi connectivity index (χ4n) is 0.879. The van der Waals surface area contributed by atoms with E-state index in [1.165, 1.54) is 0 Å². The van der Waals surface area contributed by atoms with E-state index in [1.807, 2.05) is 6.92 Å². The standard InChI is InChI=1S/C8H20O4Si/c1-5-7-8-12-13(9-3,10-4)11-6-2/h5-8H2,1-4H3. The molecule has 0 aromatic rings. The van der Waals surface area contributed by atoms with Gasteiger partial charge in [-0.2, -0.15) is 0 Å². The number of hydrogen-bond acceptors (Lipinski definition) is 4. The molecule has 5 heteroatoms. The Balaban J connectivity index is 3.89. The Morgan fingerprint density at radius 1 is 1.00 bits per heavy atom. The first kappa shape index (κ1) is 13.1. The lowest BCUT2D eigenvalue weighted by molar-refractivity contribution is -0.00647.